The van der Waals surface area contributed by atoms with Gasteiger partial charge in [-0.1, -0.05) is 39.0 Å². The molecule has 9 nitrogen and oxygen atoms in total. The molecule has 4 unspecified atom stereocenters. The summed E-state index contributed by atoms with van der Waals surface area (Å²) >= 11 is 0. The molecular formula is C28H43N3O6. The fraction of sp³-hybridized carbons (Fsp3) is 0.643. The summed E-state index contributed by atoms with van der Waals surface area (Å²) in [6.45, 7) is 14.7. The van der Waals surface area contributed by atoms with Crippen LogP contribution in [-0.2, 0) is 23.9 Å². The van der Waals surface area contributed by atoms with Crippen LogP contribution in [0, 0.1) is 25.7 Å². The summed E-state index contributed by atoms with van der Waals surface area (Å²) in [5.41, 5.74) is 1.68. The van der Waals surface area contributed by atoms with Crippen LogP contribution in [0.2, 0.25) is 0 Å². The third-order valence-corrected chi connectivity index (χ3v) is 6.35. The van der Waals surface area contributed by atoms with E-state index >= 15 is 0 Å². The van der Waals surface area contributed by atoms with Crippen molar-refractivity contribution in [3.05, 3.63) is 34.9 Å². The molecule has 206 valence electrons. The highest BCUT2D eigenvalue weighted by Gasteiger charge is 2.48. The molecule has 9 heteroatoms. The van der Waals surface area contributed by atoms with Crippen LogP contribution < -0.4 is 10.6 Å². The Morgan fingerprint density at radius 1 is 1.11 bits per heavy atom. The minimum Gasteiger partial charge on any atom is -0.468 e. The first-order valence-corrected chi connectivity index (χ1v) is 12.9. The molecule has 0 bridgehead atoms. The van der Waals surface area contributed by atoms with Crippen molar-refractivity contribution in [1.29, 1.82) is 0 Å². The number of methoxy groups -OCH3 is 1. The number of amides is 3. The Morgan fingerprint density at radius 3 is 2.14 bits per heavy atom. The molecule has 1 aromatic carbocycles. The van der Waals surface area contributed by atoms with Gasteiger partial charge in [0.05, 0.1) is 7.11 Å². The third-order valence-electron chi connectivity index (χ3n) is 6.35. The highest BCUT2D eigenvalue weighted by molar-refractivity contribution is 5.94. The van der Waals surface area contributed by atoms with E-state index in [2.05, 4.69) is 15.4 Å². The maximum Gasteiger partial charge on any atom is 0.408 e. The molecule has 1 saturated carbocycles. The summed E-state index contributed by atoms with van der Waals surface area (Å²) in [6.07, 6.45) is 0.422. The smallest absolute Gasteiger partial charge is 0.408 e. The number of hydrogen-bond acceptors (Lipinski definition) is 6. The van der Waals surface area contributed by atoms with Gasteiger partial charge in [-0.15, -0.1) is 0 Å². The lowest BCUT2D eigenvalue weighted by Crippen LogP contribution is -2.54. The molecule has 0 aliphatic heterocycles. The number of rotatable bonds is 10. The molecule has 2 N–H and O–H groups in total. The van der Waals surface area contributed by atoms with Crippen molar-refractivity contribution in [2.24, 2.45) is 11.8 Å². The van der Waals surface area contributed by atoms with Crippen molar-refractivity contribution < 1.29 is 28.7 Å². The van der Waals surface area contributed by atoms with Gasteiger partial charge in [0.15, 0.2) is 0 Å². The van der Waals surface area contributed by atoms with Gasteiger partial charge in [-0.25, -0.2) is 4.79 Å². The van der Waals surface area contributed by atoms with Gasteiger partial charge >= 0.3 is 12.1 Å². The van der Waals surface area contributed by atoms with Gasteiger partial charge in [-0.05, 0) is 76.0 Å². The van der Waals surface area contributed by atoms with Gasteiger partial charge in [0.1, 0.15) is 24.2 Å². The second-order valence-corrected chi connectivity index (χ2v) is 11.4. The number of carbonyl (C=O) groups is 4. The van der Waals surface area contributed by atoms with Crippen molar-refractivity contribution in [2.75, 3.05) is 13.7 Å². The lowest BCUT2D eigenvalue weighted by molar-refractivity contribution is -0.145. The van der Waals surface area contributed by atoms with Gasteiger partial charge in [0, 0.05) is 6.04 Å². The number of carbonyl (C=O) groups excluding carboxylic acids is 4. The third kappa shape index (κ3) is 8.47. The van der Waals surface area contributed by atoms with E-state index < -0.39 is 35.7 Å². The molecule has 0 saturated heterocycles. The van der Waals surface area contributed by atoms with Crippen molar-refractivity contribution in [3.8, 4) is 0 Å². The number of esters is 1. The Kier molecular flexibility index (Phi) is 10.1. The van der Waals surface area contributed by atoms with E-state index in [1.54, 1.807) is 25.7 Å². The number of ether oxygens (including phenoxy) is 2. The second kappa shape index (κ2) is 12.4. The minimum absolute atomic E-state index is 0.0918. The highest BCUT2D eigenvalue weighted by atomic mass is 16.6. The van der Waals surface area contributed by atoms with Crippen molar-refractivity contribution in [3.63, 3.8) is 0 Å². The first kappa shape index (κ1) is 30.1. The molecule has 2 rings (SSSR count). The van der Waals surface area contributed by atoms with Gasteiger partial charge in [-0.2, -0.15) is 0 Å². The predicted octanol–water partition coefficient (Wildman–Crippen LogP) is 3.81. The number of hydrogen-bond donors (Lipinski definition) is 2. The zero-order valence-corrected chi connectivity index (χ0v) is 23.6. The monoisotopic (exact) mass is 517 g/mol. The first-order chi connectivity index (χ1) is 17.2. The molecule has 1 fully saturated rings. The SMILES string of the molecule is COC(=O)CNC(=O)C(c1c(C)cccc1C)N(C(=O)C(CC(C)C)NC(=O)OC(C)(C)C)C1CC1C. The molecule has 0 radical (unpaired) electrons. The maximum atomic E-state index is 14.2. The van der Waals surface area contributed by atoms with Gasteiger partial charge in [0.2, 0.25) is 11.8 Å². The number of benzene rings is 1. The standard InChI is InChI=1S/C28H43N3O6/c1-16(2)13-20(30-27(35)37-28(6,7)8)26(34)31(21-14-19(21)5)24(25(33)29-15-22(32)36-9)23-17(3)11-10-12-18(23)4/h10-12,16,19-21,24H,13-15H2,1-9H3,(H,29,33)(H,30,35). The largest absolute Gasteiger partial charge is 0.468 e. The van der Waals surface area contributed by atoms with E-state index in [1.165, 1.54) is 7.11 Å². The van der Waals surface area contributed by atoms with Crippen LogP contribution in [0.25, 0.3) is 0 Å². The fourth-order valence-electron chi connectivity index (χ4n) is 4.48. The second-order valence-electron chi connectivity index (χ2n) is 11.4. The lowest BCUT2D eigenvalue weighted by Gasteiger charge is -2.36. The Morgan fingerprint density at radius 2 is 1.68 bits per heavy atom. The molecule has 1 aliphatic carbocycles. The molecule has 1 aromatic rings. The number of nitrogens with zero attached hydrogens (tertiary/aromatic N) is 1. The van der Waals surface area contributed by atoms with Crippen molar-refractivity contribution in [1.82, 2.24) is 15.5 Å². The Hall–Kier alpha value is -3.10. The molecule has 0 aromatic heterocycles. The van der Waals surface area contributed by atoms with Crippen LogP contribution in [0.5, 0.6) is 0 Å². The van der Waals surface area contributed by atoms with Crippen LogP contribution in [0.4, 0.5) is 4.79 Å². The normalized spacial score (nSPS) is 18.4. The summed E-state index contributed by atoms with van der Waals surface area (Å²) in [5.74, 6) is -1.14. The maximum absolute atomic E-state index is 14.2. The predicted molar refractivity (Wildman–Crippen MR) is 141 cm³/mol. The summed E-state index contributed by atoms with van der Waals surface area (Å²) in [4.78, 5) is 54.0. The quantitative estimate of drug-likeness (QED) is 0.456. The highest BCUT2D eigenvalue weighted by Crippen LogP contribution is 2.42. The van der Waals surface area contributed by atoms with Gasteiger partial charge in [-0.3, -0.25) is 14.4 Å². The molecule has 1 aliphatic rings. The van der Waals surface area contributed by atoms with E-state index in [0.717, 1.165) is 17.5 Å². The Balaban J connectivity index is 2.55. The summed E-state index contributed by atoms with van der Waals surface area (Å²) in [6, 6.07) is 3.63. The zero-order valence-electron chi connectivity index (χ0n) is 23.6. The van der Waals surface area contributed by atoms with Crippen molar-refractivity contribution in [2.45, 2.75) is 92.0 Å². The molecule has 4 atom stereocenters. The van der Waals surface area contributed by atoms with Crippen LogP contribution in [0.3, 0.4) is 0 Å². The first-order valence-electron chi connectivity index (χ1n) is 12.9. The molecule has 0 spiro atoms. The van der Waals surface area contributed by atoms with Gasteiger partial charge < -0.3 is 25.0 Å². The Labute approximate surface area is 220 Å². The number of aryl methyl sites for hydroxylation is 2. The lowest BCUT2D eigenvalue weighted by atomic mass is 9.92. The van der Waals surface area contributed by atoms with E-state index in [-0.39, 0.29) is 30.3 Å². The van der Waals surface area contributed by atoms with E-state index in [0.29, 0.717) is 12.0 Å². The molecular weight excluding hydrogens is 474 g/mol. The van der Waals surface area contributed by atoms with E-state index in [1.807, 2.05) is 52.8 Å². The summed E-state index contributed by atoms with van der Waals surface area (Å²) in [7, 11) is 1.25. The summed E-state index contributed by atoms with van der Waals surface area (Å²) < 4.78 is 10.1. The van der Waals surface area contributed by atoms with Crippen LogP contribution in [0.15, 0.2) is 18.2 Å². The number of alkyl carbamates (subject to hydrolysis) is 1. The summed E-state index contributed by atoms with van der Waals surface area (Å²) in [5, 5.41) is 5.41. The van der Waals surface area contributed by atoms with Crippen molar-refractivity contribution >= 4 is 23.9 Å². The fourth-order valence-corrected chi connectivity index (χ4v) is 4.48. The zero-order chi connectivity index (χ0) is 28.1. The molecule has 3 amide bonds. The van der Waals surface area contributed by atoms with E-state index in [4.69, 9.17) is 4.74 Å². The number of nitrogens with one attached hydrogen (secondary N) is 2. The van der Waals surface area contributed by atoms with Gasteiger partial charge in [0.25, 0.3) is 0 Å². The van der Waals surface area contributed by atoms with E-state index in [9.17, 15) is 19.2 Å². The van der Waals surface area contributed by atoms with Crippen LogP contribution >= 0.6 is 0 Å². The van der Waals surface area contributed by atoms with Crippen LogP contribution in [0.1, 0.15) is 77.1 Å². The topological polar surface area (TPSA) is 114 Å². The van der Waals surface area contributed by atoms with Crippen LogP contribution in [-0.4, -0.2) is 60.1 Å². The Bertz CT molecular complexity index is 980. The average molecular weight is 518 g/mol. The minimum atomic E-state index is -0.983. The average Bonchev–Trinajstić information content (AvgIpc) is 3.49. The molecule has 37 heavy (non-hydrogen) atoms. The molecule has 0 heterocycles.